The van der Waals surface area contributed by atoms with Crippen LogP contribution in [-0.2, 0) is 11.0 Å². The quantitative estimate of drug-likeness (QED) is 0.327. The molecule has 1 saturated heterocycles. The number of amides is 3. The van der Waals surface area contributed by atoms with Crippen LogP contribution in [0.25, 0.3) is 0 Å². The normalized spacial score (nSPS) is 18.4. The minimum Gasteiger partial charge on any atom is -0.398 e. The van der Waals surface area contributed by atoms with E-state index < -0.39 is 36.1 Å². The molecule has 12 heteroatoms. The van der Waals surface area contributed by atoms with Crippen molar-refractivity contribution in [2.45, 2.75) is 29.6 Å². The van der Waals surface area contributed by atoms with E-state index in [1.54, 1.807) is 23.9 Å². The molecule has 2 aromatic rings. The lowest BCUT2D eigenvalue weighted by molar-refractivity contribution is -0.137. The number of piperidine rings is 1. The molecule has 1 fully saturated rings. The van der Waals surface area contributed by atoms with E-state index in [9.17, 15) is 27.6 Å². The van der Waals surface area contributed by atoms with E-state index in [1.807, 2.05) is 30.3 Å². The number of nitrogen functional groups attached to an aromatic ring is 1. The number of likely N-dealkylation sites (N-methyl/N-ethyl adjacent to an activating group) is 1. The molecule has 1 aliphatic rings. The van der Waals surface area contributed by atoms with Crippen LogP contribution in [0.4, 0.5) is 18.9 Å². The summed E-state index contributed by atoms with van der Waals surface area (Å²) in [6.45, 7) is 0.719. The molecule has 0 radical (unpaired) electrons. The topological polar surface area (TPSA) is 117 Å². The summed E-state index contributed by atoms with van der Waals surface area (Å²) in [4.78, 5) is 40.7. The van der Waals surface area contributed by atoms with Gasteiger partial charge in [-0.05, 0) is 68.7 Å². The zero-order valence-corrected chi connectivity index (χ0v) is 20.6. The van der Waals surface area contributed by atoms with Crippen LogP contribution in [0.2, 0.25) is 0 Å². The van der Waals surface area contributed by atoms with E-state index >= 15 is 0 Å². The number of halogens is 3. The molecule has 2 aromatic carbocycles. The molecule has 2 unspecified atom stereocenters. The molecule has 0 bridgehead atoms. The first-order chi connectivity index (χ1) is 17.0. The molecule has 2 atom stereocenters. The SMILES string of the molecule is CSc1ccc(C(=O)NC2CCN(C)CC2NC(=O)CNC(=O)c2cc(C(F)(F)F)ccc2N)cc1. The number of anilines is 1. The van der Waals surface area contributed by atoms with Crippen LogP contribution in [0.5, 0.6) is 0 Å². The van der Waals surface area contributed by atoms with Gasteiger partial charge in [0.05, 0.1) is 29.8 Å². The molecule has 1 heterocycles. The summed E-state index contributed by atoms with van der Waals surface area (Å²) in [6.07, 6.45) is -2.09. The van der Waals surface area contributed by atoms with Crippen LogP contribution < -0.4 is 21.7 Å². The zero-order chi connectivity index (χ0) is 26.5. The van der Waals surface area contributed by atoms with Crippen molar-refractivity contribution in [3.8, 4) is 0 Å². The highest BCUT2D eigenvalue weighted by Crippen LogP contribution is 2.31. The predicted molar refractivity (Wildman–Crippen MR) is 132 cm³/mol. The first-order valence-electron chi connectivity index (χ1n) is 11.2. The van der Waals surface area contributed by atoms with Gasteiger partial charge in [0.1, 0.15) is 0 Å². The van der Waals surface area contributed by atoms with Gasteiger partial charge in [0.15, 0.2) is 0 Å². The van der Waals surface area contributed by atoms with Gasteiger partial charge in [0.2, 0.25) is 5.91 Å². The average molecular weight is 524 g/mol. The van der Waals surface area contributed by atoms with Crippen molar-refractivity contribution in [1.29, 1.82) is 0 Å². The number of benzene rings is 2. The Morgan fingerprint density at radius 3 is 2.39 bits per heavy atom. The highest BCUT2D eigenvalue weighted by molar-refractivity contribution is 7.98. The molecular formula is C24H28F3N5O3S. The first-order valence-corrected chi connectivity index (χ1v) is 12.4. The Kier molecular flexibility index (Phi) is 8.85. The second-order valence-electron chi connectivity index (χ2n) is 8.52. The van der Waals surface area contributed by atoms with Gasteiger partial charge < -0.3 is 26.6 Å². The lowest BCUT2D eigenvalue weighted by Gasteiger charge is -2.37. The van der Waals surface area contributed by atoms with Crippen LogP contribution in [0.3, 0.4) is 0 Å². The molecule has 1 aliphatic heterocycles. The van der Waals surface area contributed by atoms with Gasteiger partial charge in [0, 0.05) is 22.7 Å². The summed E-state index contributed by atoms with van der Waals surface area (Å²) in [7, 11) is 1.89. The summed E-state index contributed by atoms with van der Waals surface area (Å²) >= 11 is 1.57. The van der Waals surface area contributed by atoms with E-state index in [1.165, 1.54) is 0 Å². The number of likely N-dealkylation sites (tertiary alicyclic amines) is 1. The van der Waals surface area contributed by atoms with Crippen molar-refractivity contribution in [2.24, 2.45) is 0 Å². The smallest absolute Gasteiger partial charge is 0.398 e. The molecule has 8 nitrogen and oxygen atoms in total. The number of hydrogen-bond donors (Lipinski definition) is 4. The predicted octanol–water partition coefficient (Wildman–Crippen LogP) is 2.36. The van der Waals surface area contributed by atoms with E-state index in [-0.39, 0.29) is 23.2 Å². The van der Waals surface area contributed by atoms with E-state index in [0.29, 0.717) is 31.1 Å². The third kappa shape index (κ3) is 7.14. The maximum absolute atomic E-state index is 13.0. The second kappa shape index (κ2) is 11.7. The number of hydrogen-bond acceptors (Lipinski definition) is 6. The molecule has 0 spiro atoms. The fourth-order valence-corrected chi connectivity index (χ4v) is 4.28. The number of rotatable bonds is 7. The van der Waals surface area contributed by atoms with E-state index in [2.05, 4.69) is 16.0 Å². The number of alkyl halides is 3. The highest BCUT2D eigenvalue weighted by atomic mass is 32.2. The number of carbonyl (C=O) groups is 3. The summed E-state index contributed by atoms with van der Waals surface area (Å²) in [5.74, 6) is -1.70. The molecule has 3 amide bonds. The largest absolute Gasteiger partial charge is 0.416 e. The number of nitrogens with two attached hydrogens (primary N) is 1. The lowest BCUT2D eigenvalue weighted by atomic mass is 9.99. The van der Waals surface area contributed by atoms with Crippen LogP contribution >= 0.6 is 11.8 Å². The summed E-state index contributed by atoms with van der Waals surface area (Å²) < 4.78 is 38.9. The fraction of sp³-hybridized carbons (Fsp3) is 0.375. The van der Waals surface area contributed by atoms with Crippen molar-refractivity contribution in [3.63, 3.8) is 0 Å². The lowest BCUT2D eigenvalue weighted by Crippen LogP contribution is -2.60. The van der Waals surface area contributed by atoms with E-state index in [0.717, 1.165) is 17.0 Å². The highest BCUT2D eigenvalue weighted by Gasteiger charge is 2.32. The summed E-state index contributed by atoms with van der Waals surface area (Å²) in [5.41, 5.74) is 4.64. The standard InChI is InChI=1S/C24H28F3N5O3S/c1-32-10-9-19(31-22(34)14-3-6-16(36-2)7-4-14)20(13-32)30-21(33)12-29-23(35)17-11-15(24(25,26)27)5-8-18(17)28/h3-8,11,19-20H,9-10,12-13,28H2,1-2H3,(H,29,35)(H,30,33)(H,31,34). The fourth-order valence-electron chi connectivity index (χ4n) is 3.87. The number of nitrogens with one attached hydrogen (secondary N) is 3. The molecular weight excluding hydrogens is 495 g/mol. The van der Waals surface area contributed by atoms with Crippen LogP contribution in [0, 0.1) is 0 Å². The monoisotopic (exact) mass is 523 g/mol. The molecule has 5 N–H and O–H groups in total. The van der Waals surface area contributed by atoms with Gasteiger partial charge in [-0.15, -0.1) is 11.8 Å². The number of carbonyl (C=O) groups excluding carboxylic acids is 3. The first kappa shape index (κ1) is 27.3. The molecule has 0 aromatic heterocycles. The maximum atomic E-state index is 13.0. The molecule has 3 rings (SSSR count). The van der Waals surface area contributed by atoms with Gasteiger partial charge in [-0.2, -0.15) is 13.2 Å². The van der Waals surface area contributed by atoms with Crippen LogP contribution in [0.1, 0.15) is 32.7 Å². The van der Waals surface area contributed by atoms with Crippen molar-refractivity contribution >= 4 is 35.2 Å². The Bertz CT molecular complexity index is 1110. The second-order valence-corrected chi connectivity index (χ2v) is 9.40. The Hall–Kier alpha value is -3.25. The Balaban J connectivity index is 1.60. The molecule has 0 aliphatic carbocycles. The number of thioether (sulfide) groups is 1. The van der Waals surface area contributed by atoms with Crippen molar-refractivity contribution in [1.82, 2.24) is 20.9 Å². The van der Waals surface area contributed by atoms with E-state index in [4.69, 9.17) is 5.73 Å². The Labute approximate surface area is 211 Å². The molecule has 0 saturated carbocycles. The Morgan fingerprint density at radius 2 is 1.75 bits per heavy atom. The van der Waals surface area contributed by atoms with Crippen LogP contribution in [-0.4, -0.2) is 67.6 Å². The van der Waals surface area contributed by atoms with Gasteiger partial charge in [-0.25, -0.2) is 0 Å². The van der Waals surface area contributed by atoms with Crippen molar-refractivity contribution in [3.05, 3.63) is 59.2 Å². The maximum Gasteiger partial charge on any atom is 0.416 e. The third-order valence-corrected chi connectivity index (χ3v) is 6.61. The minimum atomic E-state index is -4.64. The molecule has 194 valence electrons. The Morgan fingerprint density at radius 1 is 1.06 bits per heavy atom. The third-order valence-electron chi connectivity index (χ3n) is 5.87. The molecule has 36 heavy (non-hydrogen) atoms. The van der Waals surface area contributed by atoms with Gasteiger partial charge in [0.25, 0.3) is 11.8 Å². The minimum absolute atomic E-state index is 0.136. The van der Waals surface area contributed by atoms with Crippen molar-refractivity contribution < 1.29 is 27.6 Å². The van der Waals surface area contributed by atoms with Gasteiger partial charge in [-0.1, -0.05) is 0 Å². The van der Waals surface area contributed by atoms with Crippen molar-refractivity contribution in [2.75, 3.05) is 38.7 Å². The average Bonchev–Trinajstić information content (AvgIpc) is 2.83. The summed E-state index contributed by atoms with van der Waals surface area (Å²) in [5, 5.41) is 8.09. The van der Waals surface area contributed by atoms with Gasteiger partial charge in [-0.3, -0.25) is 14.4 Å². The zero-order valence-electron chi connectivity index (χ0n) is 19.8. The van der Waals surface area contributed by atoms with Crippen LogP contribution in [0.15, 0.2) is 47.4 Å². The number of nitrogens with zero attached hydrogens (tertiary/aromatic N) is 1. The van der Waals surface area contributed by atoms with Gasteiger partial charge >= 0.3 is 6.18 Å². The summed E-state index contributed by atoms with van der Waals surface area (Å²) in [6, 6.07) is 8.84.